The molecule has 0 aliphatic heterocycles. The first-order chi connectivity index (χ1) is 10.9. The second kappa shape index (κ2) is 11.5. The zero-order chi connectivity index (χ0) is 15.5. The van der Waals surface area contributed by atoms with Crippen LogP contribution in [-0.4, -0.2) is 0 Å². The summed E-state index contributed by atoms with van der Waals surface area (Å²) in [4.78, 5) is 0. The van der Waals surface area contributed by atoms with Gasteiger partial charge in [-0.15, -0.1) is 0 Å². The molecule has 0 heterocycles. The lowest BCUT2D eigenvalue weighted by Crippen LogP contribution is -2.23. The Morgan fingerprint density at radius 1 is 0.545 bits per heavy atom. The van der Waals surface area contributed by atoms with Crippen LogP contribution < -0.4 is 0 Å². The first kappa shape index (κ1) is 18.3. The lowest BCUT2D eigenvalue weighted by Gasteiger charge is -2.36. The predicted molar refractivity (Wildman–Crippen MR) is 99.3 cm³/mol. The quantitative estimate of drug-likeness (QED) is 0.360. The van der Waals surface area contributed by atoms with Gasteiger partial charge in [-0.1, -0.05) is 110 Å². The molecule has 0 heteroatoms. The fourth-order valence-corrected chi connectivity index (χ4v) is 5.12. The topological polar surface area (TPSA) is 0 Å². The van der Waals surface area contributed by atoms with Crippen LogP contribution in [-0.2, 0) is 0 Å². The third kappa shape index (κ3) is 7.05. The van der Waals surface area contributed by atoms with Crippen molar-refractivity contribution in [2.75, 3.05) is 0 Å². The van der Waals surface area contributed by atoms with E-state index in [1.165, 1.54) is 70.6 Å². The average Bonchev–Trinajstić information content (AvgIpc) is 2.59. The largest absolute Gasteiger partial charge is 0.0654 e. The van der Waals surface area contributed by atoms with E-state index in [-0.39, 0.29) is 0 Å². The van der Waals surface area contributed by atoms with Crippen molar-refractivity contribution in [2.45, 2.75) is 122 Å². The Labute approximate surface area is 140 Å². The van der Waals surface area contributed by atoms with Crippen LogP contribution in [0.4, 0.5) is 0 Å². The SMILES string of the molecule is CCCCCCCCCCC1CCC(C2CCCCC2)CC1. The van der Waals surface area contributed by atoms with Crippen molar-refractivity contribution >= 4 is 0 Å². The van der Waals surface area contributed by atoms with Gasteiger partial charge in [0, 0.05) is 0 Å². The molecular formula is C22H42. The van der Waals surface area contributed by atoms with E-state index in [9.17, 15) is 0 Å². The first-order valence-corrected chi connectivity index (χ1v) is 10.9. The molecule has 0 saturated heterocycles. The van der Waals surface area contributed by atoms with Gasteiger partial charge in [-0.2, -0.15) is 0 Å². The Balaban J connectivity index is 1.44. The predicted octanol–water partition coefficient (Wildman–Crippen LogP) is 7.90. The van der Waals surface area contributed by atoms with E-state index in [0.29, 0.717) is 0 Å². The molecule has 130 valence electrons. The Morgan fingerprint density at radius 3 is 1.73 bits per heavy atom. The maximum atomic E-state index is 2.31. The highest BCUT2D eigenvalue weighted by atomic mass is 14.3. The molecule has 0 aromatic heterocycles. The van der Waals surface area contributed by atoms with Gasteiger partial charge in [0.1, 0.15) is 0 Å². The van der Waals surface area contributed by atoms with Gasteiger partial charge in [0.05, 0.1) is 0 Å². The van der Waals surface area contributed by atoms with Crippen LogP contribution in [0.1, 0.15) is 122 Å². The minimum Gasteiger partial charge on any atom is -0.0654 e. The summed E-state index contributed by atoms with van der Waals surface area (Å²) in [6.45, 7) is 2.31. The maximum absolute atomic E-state index is 2.31. The zero-order valence-corrected chi connectivity index (χ0v) is 15.5. The molecule has 22 heavy (non-hydrogen) atoms. The molecule has 0 N–H and O–H groups in total. The van der Waals surface area contributed by atoms with Crippen LogP contribution in [0.15, 0.2) is 0 Å². The van der Waals surface area contributed by atoms with E-state index in [2.05, 4.69) is 6.92 Å². The van der Waals surface area contributed by atoms with Gasteiger partial charge >= 0.3 is 0 Å². The third-order valence-corrected chi connectivity index (χ3v) is 6.67. The summed E-state index contributed by atoms with van der Waals surface area (Å²) in [6.07, 6.45) is 27.4. The summed E-state index contributed by atoms with van der Waals surface area (Å²) in [5.41, 5.74) is 0. The summed E-state index contributed by atoms with van der Waals surface area (Å²) in [7, 11) is 0. The Bertz CT molecular complexity index is 243. The molecule has 0 aromatic carbocycles. The van der Waals surface area contributed by atoms with Gasteiger partial charge < -0.3 is 0 Å². The standard InChI is InChI=1S/C22H42/c1-2-3-4-5-6-7-8-10-13-20-16-18-22(19-17-20)21-14-11-9-12-15-21/h20-22H,2-19H2,1H3. The van der Waals surface area contributed by atoms with Crippen molar-refractivity contribution in [1.82, 2.24) is 0 Å². The van der Waals surface area contributed by atoms with Crippen LogP contribution in [0.5, 0.6) is 0 Å². The lowest BCUT2D eigenvalue weighted by molar-refractivity contribution is 0.162. The van der Waals surface area contributed by atoms with Crippen molar-refractivity contribution in [3.63, 3.8) is 0 Å². The number of unbranched alkanes of at least 4 members (excludes halogenated alkanes) is 7. The highest BCUT2D eigenvalue weighted by Gasteiger charge is 2.28. The fourth-order valence-electron chi connectivity index (χ4n) is 5.12. The molecule has 0 unspecified atom stereocenters. The average molecular weight is 307 g/mol. The van der Waals surface area contributed by atoms with E-state index < -0.39 is 0 Å². The molecule has 0 spiro atoms. The second-order valence-corrected chi connectivity index (χ2v) is 8.44. The monoisotopic (exact) mass is 306 g/mol. The molecule has 0 bridgehead atoms. The first-order valence-electron chi connectivity index (χ1n) is 10.9. The highest BCUT2D eigenvalue weighted by Crippen LogP contribution is 2.41. The van der Waals surface area contributed by atoms with Gasteiger partial charge in [0.25, 0.3) is 0 Å². The lowest BCUT2D eigenvalue weighted by atomic mass is 9.70. The van der Waals surface area contributed by atoms with Crippen LogP contribution in [0.25, 0.3) is 0 Å². The van der Waals surface area contributed by atoms with Gasteiger partial charge in [0.2, 0.25) is 0 Å². The molecule has 2 rings (SSSR count). The third-order valence-electron chi connectivity index (χ3n) is 6.67. The van der Waals surface area contributed by atoms with Crippen molar-refractivity contribution in [2.24, 2.45) is 17.8 Å². The van der Waals surface area contributed by atoms with Crippen LogP contribution in [0.3, 0.4) is 0 Å². The van der Waals surface area contributed by atoms with E-state index in [4.69, 9.17) is 0 Å². The zero-order valence-electron chi connectivity index (χ0n) is 15.5. The molecule has 2 aliphatic rings. The van der Waals surface area contributed by atoms with Crippen molar-refractivity contribution in [3.05, 3.63) is 0 Å². The van der Waals surface area contributed by atoms with E-state index >= 15 is 0 Å². The van der Waals surface area contributed by atoms with Crippen molar-refractivity contribution < 1.29 is 0 Å². The highest BCUT2D eigenvalue weighted by molar-refractivity contribution is 4.79. The van der Waals surface area contributed by atoms with Crippen LogP contribution in [0, 0.1) is 17.8 Å². The summed E-state index contributed by atoms with van der Waals surface area (Å²) < 4.78 is 0. The Morgan fingerprint density at radius 2 is 1.09 bits per heavy atom. The van der Waals surface area contributed by atoms with Gasteiger partial charge in [0.15, 0.2) is 0 Å². The minimum absolute atomic E-state index is 1.10. The molecule has 2 aliphatic carbocycles. The molecule has 0 radical (unpaired) electrons. The second-order valence-electron chi connectivity index (χ2n) is 8.44. The van der Waals surface area contributed by atoms with Crippen LogP contribution >= 0.6 is 0 Å². The molecule has 2 saturated carbocycles. The molecule has 0 amide bonds. The van der Waals surface area contributed by atoms with E-state index in [1.807, 2.05) is 0 Å². The van der Waals surface area contributed by atoms with E-state index in [1.54, 1.807) is 44.9 Å². The summed E-state index contributed by atoms with van der Waals surface area (Å²) >= 11 is 0. The summed E-state index contributed by atoms with van der Waals surface area (Å²) in [5, 5.41) is 0. The van der Waals surface area contributed by atoms with E-state index in [0.717, 1.165) is 17.8 Å². The summed E-state index contributed by atoms with van der Waals surface area (Å²) in [6, 6.07) is 0. The number of hydrogen-bond acceptors (Lipinski definition) is 0. The van der Waals surface area contributed by atoms with Crippen molar-refractivity contribution in [3.8, 4) is 0 Å². The fraction of sp³-hybridized carbons (Fsp3) is 1.00. The molecule has 0 aromatic rings. The minimum atomic E-state index is 1.10. The number of rotatable bonds is 10. The molecule has 2 fully saturated rings. The Kier molecular flexibility index (Phi) is 9.61. The van der Waals surface area contributed by atoms with Crippen LogP contribution in [0.2, 0.25) is 0 Å². The van der Waals surface area contributed by atoms with Crippen molar-refractivity contribution in [1.29, 1.82) is 0 Å². The summed E-state index contributed by atoms with van der Waals surface area (Å²) in [5.74, 6) is 3.34. The maximum Gasteiger partial charge on any atom is -0.0386 e. The number of hydrogen-bond donors (Lipinski definition) is 0. The van der Waals surface area contributed by atoms with Gasteiger partial charge in [-0.05, 0) is 30.6 Å². The Hall–Kier alpha value is 0. The molecular weight excluding hydrogens is 264 g/mol. The molecule has 0 atom stereocenters. The van der Waals surface area contributed by atoms with Gasteiger partial charge in [-0.3, -0.25) is 0 Å². The molecule has 0 nitrogen and oxygen atoms in total. The smallest absolute Gasteiger partial charge is 0.0386 e. The normalized spacial score (nSPS) is 27.1. The van der Waals surface area contributed by atoms with Gasteiger partial charge in [-0.25, -0.2) is 0 Å².